The first-order valence-electron chi connectivity index (χ1n) is 6.78. The van der Waals surface area contributed by atoms with Crippen LogP contribution < -0.4 is 0 Å². The maximum Gasteiger partial charge on any atom is 0.306 e. The third-order valence-corrected chi connectivity index (χ3v) is 3.38. The number of hydrogen-bond donors (Lipinski definition) is 0. The Morgan fingerprint density at radius 2 is 2.06 bits per heavy atom. The second kappa shape index (κ2) is 7.29. The van der Waals surface area contributed by atoms with Gasteiger partial charge in [-0.15, -0.1) is 0 Å². The van der Waals surface area contributed by atoms with E-state index >= 15 is 0 Å². The minimum absolute atomic E-state index is 0.0449. The summed E-state index contributed by atoms with van der Waals surface area (Å²) in [6.07, 6.45) is 3.65. The average Bonchev–Trinajstić information content (AvgIpc) is 2.32. The molecule has 18 heavy (non-hydrogen) atoms. The van der Waals surface area contributed by atoms with E-state index in [0.29, 0.717) is 19.3 Å². The number of Topliss-reactive ketones (excluding diaryl/α,β-unsaturated/α-hetero) is 2. The zero-order chi connectivity index (χ0) is 13.5. The van der Waals surface area contributed by atoms with Gasteiger partial charge in [0.05, 0.1) is 5.92 Å². The van der Waals surface area contributed by atoms with Gasteiger partial charge in [0, 0.05) is 25.7 Å². The molecule has 0 aromatic heterocycles. The van der Waals surface area contributed by atoms with Crippen LogP contribution in [0.3, 0.4) is 0 Å². The lowest BCUT2D eigenvalue weighted by atomic mass is 9.84. The summed E-state index contributed by atoms with van der Waals surface area (Å²) in [6.45, 7) is 3.78. The molecular weight excluding hydrogens is 232 g/mol. The van der Waals surface area contributed by atoms with E-state index in [4.69, 9.17) is 4.74 Å². The fraction of sp³-hybridized carbons (Fsp3) is 0.786. The van der Waals surface area contributed by atoms with Crippen molar-refractivity contribution in [2.24, 2.45) is 5.92 Å². The van der Waals surface area contributed by atoms with Crippen molar-refractivity contribution in [3.05, 3.63) is 0 Å². The fourth-order valence-corrected chi connectivity index (χ4v) is 2.20. The fourth-order valence-electron chi connectivity index (χ4n) is 2.20. The molecule has 0 amide bonds. The summed E-state index contributed by atoms with van der Waals surface area (Å²) in [6, 6.07) is 0. The van der Waals surface area contributed by atoms with E-state index in [0.717, 1.165) is 19.3 Å². The molecule has 102 valence electrons. The van der Waals surface area contributed by atoms with Gasteiger partial charge < -0.3 is 4.74 Å². The van der Waals surface area contributed by atoms with E-state index in [1.165, 1.54) is 0 Å². The van der Waals surface area contributed by atoms with Gasteiger partial charge in [0.1, 0.15) is 17.7 Å². The van der Waals surface area contributed by atoms with E-state index in [1.807, 2.05) is 0 Å². The number of ketones is 2. The van der Waals surface area contributed by atoms with E-state index < -0.39 is 12.0 Å². The monoisotopic (exact) mass is 254 g/mol. The molecule has 1 saturated carbocycles. The molecule has 0 spiro atoms. The normalized spacial score (nSPS) is 21.8. The van der Waals surface area contributed by atoms with Gasteiger partial charge in [0.25, 0.3) is 0 Å². The molecule has 1 fully saturated rings. The van der Waals surface area contributed by atoms with E-state index in [9.17, 15) is 14.4 Å². The Bertz CT molecular complexity index is 322. The molecule has 2 unspecified atom stereocenters. The Balaban J connectivity index is 2.38. The second-order valence-corrected chi connectivity index (χ2v) is 4.97. The van der Waals surface area contributed by atoms with Gasteiger partial charge in [-0.25, -0.2) is 0 Å². The number of carbonyl (C=O) groups is 3. The lowest BCUT2D eigenvalue weighted by Gasteiger charge is -2.25. The molecule has 1 aliphatic rings. The largest absolute Gasteiger partial charge is 0.462 e. The number of carbonyl (C=O) groups excluding carboxylic acids is 3. The summed E-state index contributed by atoms with van der Waals surface area (Å²) in [5.74, 6) is -0.555. The van der Waals surface area contributed by atoms with Crippen LogP contribution in [-0.4, -0.2) is 23.6 Å². The first-order valence-corrected chi connectivity index (χ1v) is 6.78. The summed E-state index contributed by atoms with van der Waals surface area (Å²) in [4.78, 5) is 34.5. The van der Waals surface area contributed by atoms with Crippen molar-refractivity contribution in [1.29, 1.82) is 0 Å². The van der Waals surface area contributed by atoms with Crippen LogP contribution in [-0.2, 0) is 19.1 Å². The van der Waals surface area contributed by atoms with Crippen molar-refractivity contribution in [3.63, 3.8) is 0 Å². The first kappa shape index (κ1) is 14.9. The first-order chi connectivity index (χ1) is 8.54. The molecular formula is C14H22O4. The quantitative estimate of drug-likeness (QED) is 0.539. The van der Waals surface area contributed by atoms with Gasteiger partial charge in [-0.05, 0) is 13.3 Å². The lowest BCUT2D eigenvalue weighted by molar-refractivity contribution is -0.155. The lowest BCUT2D eigenvalue weighted by Crippen LogP contribution is -2.35. The Labute approximate surface area is 108 Å². The molecule has 0 radical (unpaired) electrons. The Hall–Kier alpha value is -1.19. The van der Waals surface area contributed by atoms with Crippen LogP contribution in [0.1, 0.15) is 58.8 Å². The van der Waals surface area contributed by atoms with Crippen molar-refractivity contribution >= 4 is 17.5 Å². The zero-order valence-corrected chi connectivity index (χ0v) is 11.2. The van der Waals surface area contributed by atoms with Crippen molar-refractivity contribution < 1.29 is 19.1 Å². The maximum atomic E-state index is 11.7. The van der Waals surface area contributed by atoms with Crippen LogP contribution in [0.4, 0.5) is 0 Å². The highest BCUT2D eigenvalue weighted by atomic mass is 16.5. The minimum atomic E-state index is -0.476. The summed E-state index contributed by atoms with van der Waals surface area (Å²) in [7, 11) is 0. The predicted molar refractivity (Wildman–Crippen MR) is 67.1 cm³/mol. The highest BCUT2D eigenvalue weighted by molar-refractivity contribution is 5.95. The molecule has 1 rings (SSSR count). The molecule has 0 aliphatic heterocycles. The van der Waals surface area contributed by atoms with Crippen molar-refractivity contribution in [1.82, 2.24) is 0 Å². The second-order valence-electron chi connectivity index (χ2n) is 4.97. The average molecular weight is 254 g/mol. The third kappa shape index (κ3) is 4.59. The molecule has 0 aromatic rings. The van der Waals surface area contributed by atoms with Gasteiger partial charge in [0.15, 0.2) is 0 Å². The van der Waals surface area contributed by atoms with Gasteiger partial charge in [-0.2, -0.15) is 0 Å². The molecule has 0 N–H and O–H groups in total. The number of unbranched alkanes of at least 4 members (excludes halogenated alkanes) is 2. The highest BCUT2D eigenvalue weighted by Crippen LogP contribution is 2.23. The number of esters is 1. The van der Waals surface area contributed by atoms with Crippen LogP contribution in [0, 0.1) is 5.92 Å². The number of ether oxygens (including phenoxy) is 1. The zero-order valence-electron chi connectivity index (χ0n) is 11.2. The van der Waals surface area contributed by atoms with Gasteiger partial charge in [-0.3, -0.25) is 14.4 Å². The van der Waals surface area contributed by atoms with E-state index in [1.54, 1.807) is 6.92 Å². The van der Waals surface area contributed by atoms with E-state index in [2.05, 4.69) is 6.92 Å². The molecule has 1 aliphatic carbocycles. The maximum absolute atomic E-state index is 11.7. The summed E-state index contributed by atoms with van der Waals surface area (Å²) in [5, 5.41) is 0. The highest BCUT2D eigenvalue weighted by Gasteiger charge is 2.33. The Kier molecular flexibility index (Phi) is 6.02. The molecule has 2 atom stereocenters. The molecule has 4 nitrogen and oxygen atoms in total. The van der Waals surface area contributed by atoms with Crippen molar-refractivity contribution in [3.8, 4) is 0 Å². The molecule has 0 bridgehead atoms. The molecule has 0 heterocycles. The van der Waals surface area contributed by atoms with Crippen molar-refractivity contribution in [2.45, 2.75) is 64.9 Å². The Morgan fingerprint density at radius 3 is 2.72 bits per heavy atom. The molecule has 0 saturated heterocycles. The van der Waals surface area contributed by atoms with Gasteiger partial charge >= 0.3 is 5.97 Å². The van der Waals surface area contributed by atoms with Gasteiger partial charge in [0.2, 0.25) is 0 Å². The van der Waals surface area contributed by atoms with Gasteiger partial charge in [-0.1, -0.05) is 19.8 Å². The molecule has 4 heteroatoms. The molecule has 0 aromatic carbocycles. The van der Waals surface area contributed by atoms with Crippen LogP contribution >= 0.6 is 0 Å². The van der Waals surface area contributed by atoms with E-state index in [-0.39, 0.29) is 24.0 Å². The summed E-state index contributed by atoms with van der Waals surface area (Å²) < 4.78 is 5.24. The number of hydrogen-bond acceptors (Lipinski definition) is 4. The van der Waals surface area contributed by atoms with Crippen LogP contribution in [0.15, 0.2) is 0 Å². The van der Waals surface area contributed by atoms with Crippen molar-refractivity contribution in [2.75, 3.05) is 0 Å². The third-order valence-electron chi connectivity index (χ3n) is 3.38. The summed E-state index contributed by atoms with van der Waals surface area (Å²) >= 11 is 0. The topological polar surface area (TPSA) is 60.4 Å². The SMILES string of the molecule is CCCCCC(=O)OC(C)C1CC(=O)CCC1=O. The number of rotatable bonds is 6. The standard InChI is InChI=1S/C14H22O4/c1-3-4-5-6-14(17)18-10(2)12-9-11(15)7-8-13(12)16/h10,12H,3-9H2,1-2H3. The Morgan fingerprint density at radius 1 is 1.33 bits per heavy atom. The van der Waals surface area contributed by atoms with Crippen LogP contribution in [0.2, 0.25) is 0 Å². The minimum Gasteiger partial charge on any atom is -0.462 e. The van der Waals surface area contributed by atoms with Crippen LogP contribution in [0.5, 0.6) is 0 Å². The van der Waals surface area contributed by atoms with Crippen LogP contribution in [0.25, 0.3) is 0 Å². The predicted octanol–water partition coefficient (Wildman–Crippen LogP) is 2.44. The summed E-state index contributed by atoms with van der Waals surface area (Å²) in [5.41, 5.74) is 0. The smallest absolute Gasteiger partial charge is 0.306 e.